The van der Waals surface area contributed by atoms with E-state index in [-0.39, 0.29) is 17.9 Å². The molecule has 0 saturated heterocycles. The van der Waals surface area contributed by atoms with E-state index >= 15 is 0 Å². The van der Waals surface area contributed by atoms with Gasteiger partial charge in [0.1, 0.15) is 5.69 Å². The van der Waals surface area contributed by atoms with Crippen molar-refractivity contribution in [3.05, 3.63) is 68.1 Å². The lowest BCUT2D eigenvalue weighted by Crippen LogP contribution is -2.27. The molecular weight excluding hydrogens is 264 g/mol. The number of benzene rings is 1. The summed E-state index contributed by atoms with van der Waals surface area (Å²) in [7, 11) is 0. The highest BCUT2D eigenvalue weighted by molar-refractivity contribution is 5.90. The fourth-order valence-electron chi connectivity index (χ4n) is 1.68. The third-order valence-corrected chi connectivity index (χ3v) is 2.63. The van der Waals surface area contributed by atoms with Crippen LogP contribution in [0.1, 0.15) is 16.1 Å². The first-order valence-corrected chi connectivity index (χ1v) is 5.59. The largest absolute Gasteiger partial charge is 0.364 e. The molecule has 1 aromatic heterocycles. The average Bonchev–Trinajstić information content (AvgIpc) is 2.41. The molecule has 2 rings (SSSR count). The molecule has 1 amide bonds. The standard InChI is InChI=1S/C12H10N4O4/c13-12(18)9-5-6-11(17)15(14-9)7-8-3-1-2-4-10(8)16(19)20/h1-6H,7H2,(H2,13,18). The molecule has 20 heavy (non-hydrogen) atoms. The molecular formula is C12H10N4O4. The van der Waals surface area contributed by atoms with Crippen molar-refractivity contribution in [2.24, 2.45) is 5.73 Å². The van der Waals surface area contributed by atoms with Gasteiger partial charge in [-0.05, 0) is 6.07 Å². The van der Waals surface area contributed by atoms with E-state index in [0.29, 0.717) is 5.56 Å². The highest BCUT2D eigenvalue weighted by Gasteiger charge is 2.14. The smallest absolute Gasteiger partial charge is 0.274 e. The second-order valence-corrected chi connectivity index (χ2v) is 3.96. The molecule has 8 heteroatoms. The van der Waals surface area contributed by atoms with Crippen LogP contribution in [0.5, 0.6) is 0 Å². The predicted molar refractivity (Wildman–Crippen MR) is 69.2 cm³/mol. The minimum absolute atomic E-state index is 0.0804. The lowest BCUT2D eigenvalue weighted by Gasteiger charge is -2.06. The van der Waals surface area contributed by atoms with E-state index in [0.717, 1.165) is 10.7 Å². The second kappa shape index (κ2) is 5.31. The summed E-state index contributed by atoms with van der Waals surface area (Å²) in [6.45, 7) is -0.114. The van der Waals surface area contributed by atoms with Gasteiger partial charge >= 0.3 is 0 Å². The number of nitrogens with zero attached hydrogens (tertiary/aromatic N) is 3. The van der Waals surface area contributed by atoms with Crippen LogP contribution in [0.15, 0.2) is 41.2 Å². The Hall–Kier alpha value is -3.03. The highest BCUT2D eigenvalue weighted by atomic mass is 16.6. The van der Waals surface area contributed by atoms with Gasteiger partial charge in [0.2, 0.25) is 0 Å². The number of amides is 1. The monoisotopic (exact) mass is 274 g/mol. The van der Waals surface area contributed by atoms with Gasteiger partial charge in [0, 0.05) is 12.1 Å². The Morgan fingerprint density at radius 2 is 2.00 bits per heavy atom. The number of rotatable bonds is 4. The number of nitro benzene ring substituents is 1. The second-order valence-electron chi connectivity index (χ2n) is 3.96. The Labute approximate surface area is 112 Å². The molecule has 2 aromatic rings. The maximum atomic E-state index is 11.7. The van der Waals surface area contributed by atoms with Gasteiger partial charge in [0.25, 0.3) is 17.2 Å². The fraction of sp³-hybridized carbons (Fsp3) is 0.0833. The molecule has 0 aliphatic heterocycles. The molecule has 0 saturated carbocycles. The predicted octanol–water partition coefficient (Wildman–Crippen LogP) is 0.299. The summed E-state index contributed by atoms with van der Waals surface area (Å²) in [5.41, 5.74) is 4.71. The van der Waals surface area contributed by atoms with Gasteiger partial charge in [-0.15, -0.1) is 0 Å². The van der Waals surface area contributed by atoms with Crippen LogP contribution in [0.4, 0.5) is 5.69 Å². The van der Waals surface area contributed by atoms with Crippen LogP contribution in [-0.4, -0.2) is 20.6 Å². The molecule has 0 spiro atoms. The maximum Gasteiger partial charge on any atom is 0.274 e. The number of hydrogen-bond donors (Lipinski definition) is 1. The molecule has 0 unspecified atom stereocenters. The van der Waals surface area contributed by atoms with Crippen molar-refractivity contribution in [1.82, 2.24) is 9.78 Å². The van der Waals surface area contributed by atoms with Crippen LogP contribution in [-0.2, 0) is 6.54 Å². The summed E-state index contributed by atoms with van der Waals surface area (Å²) in [6.07, 6.45) is 0. The van der Waals surface area contributed by atoms with Crippen LogP contribution >= 0.6 is 0 Å². The van der Waals surface area contributed by atoms with E-state index in [1.165, 1.54) is 24.3 Å². The van der Waals surface area contributed by atoms with Crippen molar-refractivity contribution in [3.8, 4) is 0 Å². The fourth-order valence-corrected chi connectivity index (χ4v) is 1.68. The van der Waals surface area contributed by atoms with Gasteiger partial charge in [-0.1, -0.05) is 18.2 Å². The molecule has 0 atom stereocenters. The first kappa shape index (κ1) is 13.4. The van der Waals surface area contributed by atoms with Gasteiger partial charge in [-0.3, -0.25) is 19.7 Å². The van der Waals surface area contributed by atoms with E-state index in [4.69, 9.17) is 5.73 Å². The summed E-state index contributed by atoms with van der Waals surface area (Å²) in [5, 5.41) is 14.7. The Bertz CT molecular complexity index is 738. The van der Waals surface area contributed by atoms with E-state index in [1.54, 1.807) is 6.07 Å². The van der Waals surface area contributed by atoms with Crippen molar-refractivity contribution in [1.29, 1.82) is 0 Å². The van der Waals surface area contributed by atoms with Crippen LogP contribution in [0.25, 0.3) is 0 Å². The summed E-state index contributed by atoms with van der Waals surface area (Å²) in [4.78, 5) is 33.0. The lowest BCUT2D eigenvalue weighted by atomic mass is 10.2. The minimum atomic E-state index is -0.777. The number of primary amides is 1. The molecule has 0 bridgehead atoms. The third kappa shape index (κ3) is 2.69. The van der Waals surface area contributed by atoms with Crippen molar-refractivity contribution < 1.29 is 9.72 Å². The summed E-state index contributed by atoms with van der Waals surface area (Å²) in [5.74, 6) is -0.777. The first-order chi connectivity index (χ1) is 9.49. The van der Waals surface area contributed by atoms with E-state index in [2.05, 4.69) is 5.10 Å². The molecule has 8 nitrogen and oxygen atoms in total. The number of carbonyl (C=O) groups is 1. The van der Waals surface area contributed by atoms with E-state index < -0.39 is 16.4 Å². The molecule has 1 aromatic carbocycles. The van der Waals surface area contributed by atoms with Gasteiger partial charge in [-0.2, -0.15) is 5.10 Å². The summed E-state index contributed by atoms with van der Waals surface area (Å²) < 4.78 is 0.961. The molecule has 102 valence electrons. The number of carbonyl (C=O) groups excluding carboxylic acids is 1. The van der Waals surface area contributed by atoms with Crippen LogP contribution < -0.4 is 11.3 Å². The van der Waals surface area contributed by atoms with Crippen molar-refractivity contribution in [2.45, 2.75) is 6.54 Å². The lowest BCUT2D eigenvalue weighted by molar-refractivity contribution is -0.385. The normalized spacial score (nSPS) is 10.2. The number of nitro groups is 1. The van der Waals surface area contributed by atoms with E-state index in [1.807, 2.05) is 0 Å². The van der Waals surface area contributed by atoms with Gasteiger partial charge in [0.05, 0.1) is 17.0 Å². The number of hydrogen-bond acceptors (Lipinski definition) is 5. The van der Waals surface area contributed by atoms with Crippen molar-refractivity contribution in [2.75, 3.05) is 0 Å². The van der Waals surface area contributed by atoms with Gasteiger partial charge in [0.15, 0.2) is 0 Å². The molecule has 2 N–H and O–H groups in total. The molecule has 0 aliphatic rings. The number of para-hydroxylation sites is 1. The Morgan fingerprint density at radius 3 is 2.65 bits per heavy atom. The highest BCUT2D eigenvalue weighted by Crippen LogP contribution is 2.17. The maximum absolute atomic E-state index is 11.7. The van der Waals surface area contributed by atoms with Crippen molar-refractivity contribution in [3.63, 3.8) is 0 Å². The Morgan fingerprint density at radius 1 is 1.30 bits per heavy atom. The molecule has 0 aliphatic carbocycles. The topological polar surface area (TPSA) is 121 Å². The zero-order chi connectivity index (χ0) is 14.7. The average molecular weight is 274 g/mol. The van der Waals surface area contributed by atoms with Crippen LogP contribution in [0.2, 0.25) is 0 Å². The molecule has 0 radical (unpaired) electrons. The number of aromatic nitrogens is 2. The quantitative estimate of drug-likeness (QED) is 0.634. The summed E-state index contributed by atoms with van der Waals surface area (Å²) in [6, 6.07) is 8.34. The minimum Gasteiger partial charge on any atom is -0.364 e. The molecule has 0 fully saturated rings. The van der Waals surface area contributed by atoms with Gasteiger partial charge in [-0.25, -0.2) is 4.68 Å². The van der Waals surface area contributed by atoms with Gasteiger partial charge < -0.3 is 5.73 Å². The summed E-state index contributed by atoms with van der Waals surface area (Å²) >= 11 is 0. The SMILES string of the molecule is NC(=O)c1ccc(=O)n(Cc2ccccc2[N+](=O)[O-])n1. The number of nitrogens with two attached hydrogens (primary N) is 1. The first-order valence-electron chi connectivity index (χ1n) is 5.59. The van der Waals surface area contributed by atoms with Crippen molar-refractivity contribution >= 4 is 11.6 Å². The zero-order valence-corrected chi connectivity index (χ0v) is 10.2. The Balaban J connectivity index is 2.45. The van der Waals surface area contributed by atoms with Crippen LogP contribution in [0.3, 0.4) is 0 Å². The van der Waals surface area contributed by atoms with E-state index in [9.17, 15) is 19.7 Å². The Kier molecular flexibility index (Phi) is 3.56. The van der Waals surface area contributed by atoms with Crippen LogP contribution in [0, 0.1) is 10.1 Å². The molecule has 1 heterocycles. The zero-order valence-electron chi connectivity index (χ0n) is 10.2. The third-order valence-electron chi connectivity index (χ3n) is 2.63.